The maximum atomic E-state index is 13.4. The summed E-state index contributed by atoms with van der Waals surface area (Å²) in [4.78, 5) is 0.384. The van der Waals surface area contributed by atoms with Crippen LogP contribution < -0.4 is 5.73 Å². The Kier molecular flexibility index (Phi) is 4.45. The molecule has 0 saturated heterocycles. The van der Waals surface area contributed by atoms with Crippen molar-refractivity contribution in [1.82, 2.24) is 9.78 Å². The van der Waals surface area contributed by atoms with E-state index in [-0.39, 0.29) is 11.4 Å². The SMILES string of the molecule is CCn1nc(C)c(Cl)c1CS(=O)c1ccc(N)c(F)c1. The number of aromatic nitrogens is 2. The molecule has 0 amide bonds. The van der Waals surface area contributed by atoms with Gasteiger partial charge < -0.3 is 5.73 Å². The summed E-state index contributed by atoms with van der Waals surface area (Å²) in [6, 6.07) is 4.16. The first-order valence-electron chi connectivity index (χ1n) is 6.09. The van der Waals surface area contributed by atoms with E-state index in [0.29, 0.717) is 27.9 Å². The van der Waals surface area contributed by atoms with Gasteiger partial charge in [0.05, 0.1) is 38.7 Å². The number of hydrogen-bond acceptors (Lipinski definition) is 3. The van der Waals surface area contributed by atoms with Gasteiger partial charge >= 0.3 is 0 Å². The molecule has 108 valence electrons. The molecule has 0 aliphatic heterocycles. The van der Waals surface area contributed by atoms with Crippen molar-refractivity contribution in [3.8, 4) is 0 Å². The van der Waals surface area contributed by atoms with Crippen LogP contribution in [0.2, 0.25) is 5.02 Å². The van der Waals surface area contributed by atoms with Crippen molar-refractivity contribution in [2.75, 3.05) is 5.73 Å². The predicted octanol–water partition coefficient (Wildman–Crippen LogP) is 2.89. The number of nitrogen functional groups attached to an aromatic ring is 1. The van der Waals surface area contributed by atoms with Gasteiger partial charge in [0.2, 0.25) is 0 Å². The number of halogens is 2. The molecule has 1 unspecified atom stereocenters. The topological polar surface area (TPSA) is 60.9 Å². The molecular formula is C13H15ClFN3OS. The van der Waals surface area contributed by atoms with Crippen LogP contribution in [-0.2, 0) is 23.1 Å². The zero-order valence-corrected chi connectivity index (χ0v) is 12.8. The first-order valence-corrected chi connectivity index (χ1v) is 7.79. The molecule has 7 heteroatoms. The first-order chi connectivity index (χ1) is 9.43. The van der Waals surface area contributed by atoms with Gasteiger partial charge in [-0.2, -0.15) is 5.10 Å². The third-order valence-corrected chi connectivity index (χ3v) is 4.76. The molecule has 0 aliphatic rings. The fourth-order valence-electron chi connectivity index (χ4n) is 1.86. The Morgan fingerprint density at radius 1 is 1.50 bits per heavy atom. The van der Waals surface area contributed by atoms with Gasteiger partial charge in [0.1, 0.15) is 5.82 Å². The zero-order valence-electron chi connectivity index (χ0n) is 11.2. The van der Waals surface area contributed by atoms with E-state index in [1.54, 1.807) is 17.7 Å². The van der Waals surface area contributed by atoms with E-state index in [1.807, 2.05) is 6.92 Å². The Bertz CT molecular complexity index is 672. The minimum atomic E-state index is -1.40. The van der Waals surface area contributed by atoms with Gasteiger partial charge in [-0.25, -0.2) is 4.39 Å². The number of nitrogens with two attached hydrogens (primary N) is 1. The number of rotatable bonds is 4. The summed E-state index contributed by atoms with van der Waals surface area (Å²) in [6.07, 6.45) is 0. The minimum absolute atomic E-state index is 0.0400. The highest BCUT2D eigenvalue weighted by molar-refractivity contribution is 7.84. The van der Waals surface area contributed by atoms with Crippen molar-refractivity contribution in [2.45, 2.75) is 31.0 Å². The summed E-state index contributed by atoms with van der Waals surface area (Å²) in [5, 5.41) is 4.77. The van der Waals surface area contributed by atoms with E-state index in [1.165, 1.54) is 12.1 Å². The van der Waals surface area contributed by atoms with E-state index in [9.17, 15) is 8.60 Å². The average Bonchev–Trinajstić information content (AvgIpc) is 2.69. The monoisotopic (exact) mass is 315 g/mol. The highest BCUT2D eigenvalue weighted by Crippen LogP contribution is 2.24. The van der Waals surface area contributed by atoms with E-state index in [2.05, 4.69) is 5.10 Å². The van der Waals surface area contributed by atoms with Crippen molar-refractivity contribution >= 4 is 28.1 Å². The quantitative estimate of drug-likeness (QED) is 0.882. The fourth-order valence-corrected chi connectivity index (χ4v) is 3.31. The molecule has 4 nitrogen and oxygen atoms in total. The lowest BCUT2D eigenvalue weighted by atomic mass is 10.3. The Morgan fingerprint density at radius 3 is 2.80 bits per heavy atom. The van der Waals surface area contributed by atoms with Crippen LogP contribution in [0.3, 0.4) is 0 Å². The smallest absolute Gasteiger partial charge is 0.147 e. The molecule has 2 aromatic rings. The van der Waals surface area contributed by atoms with E-state index in [4.69, 9.17) is 17.3 Å². The third kappa shape index (κ3) is 2.86. The van der Waals surface area contributed by atoms with E-state index >= 15 is 0 Å². The van der Waals surface area contributed by atoms with Crippen molar-refractivity contribution in [2.24, 2.45) is 0 Å². The molecule has 0 bridgehead atoms. The van der Waals surface area contributed by atoms with Gasteiger partial charge in [0, 0.05) is 11.4 Å². The summed E-state index contributed by atoms with van der Waals surface area (Å²) in [7, 11) is -1.40. The van der Waals surface area contributed by atoms with Gasteiger partial charge in [-0.15, -0.1) is 0 Å². The first kappa shape index (κ1) is 15.0. The van der Waals surface area contributed by atoms with E-state index < -0.39 is 16.6 Å². The molecule has 1 atom stereocenters. The summed E-state index contributed by atoms with van der Waals surface area (Å²) in [6.45, 7) is 4.36. The molecule has 2 N–H and O–H groups in total. The lowest BCUT2D eigenvalue weighted by Crippen LogP contribution is -2.07. The maximum Gasteiger partial charge on any atom is 0.147 e. The van der Waals surface area contributed by atoms with Gasteiger partial charge in [0.25, 0.3) is 0 Å². The number of hydrogen-bond donors (Lipinski definition) is 1. The minimum Gasteiger partial charge on any atom is -0.396 e. The second kappa shape index (κ2) is 5.93. The molecule has 0 radical (unpaired) electrons. The van der Waals surface area contributed by atoms with Gasteiger partial charge in [-0.1, -0.05) is 11.6 Å². The van der Waals surface area contributed by atoms with Crippen LogP contribution in [0.5, 0.6) is 0 Å². The van der Waals surface area contributed by atoms with Gasteiger partial charge in [-0.3, -0.25) is 8.89 Å². The summed E-state index contributed by atoms with van der Waals surface area (Å²) < 4.78 is 27.4. The lowest BCUT2D eigenvalue weighted by molar-refractivity contribution is 0.623. The van der Waals surface area contributed by atoms with Crippen molar-refractivity contribution in [3.05, 3.63) is 40.4 Å². The Labute approximate surface area is 124 Å². The lowest BCUT2D eigenvalue weighted by Gasteiger charge is -2.06. The predicted molar refractivity (Wildman–Crippen MR) is 78.6 cm³/mol. The van der Waals surface area contributed by atoms with Crippen molar-refractivity contribution < 1.29 is 8.60 Å². The normalized spacial score (nSPS) is 12.6. The van der Waals surface area contributed by atoms with Crippen LogP contribution >= 0.6 is 11.6 Å². The standard InChI is InChI=1S/C13H15ClFN3OS/c1-3-18-12(13(14)8(2)17-18)7-20(19)9-4-5-11(16)10(15)6-9/h4-6H,3,7,16H2,1-2H3. The molecule has 1 aromatic carbocycles. The van der Waals surface area contributed by atoms with Gasteiger partial charge in [0.15, 0.2) is 0 Å². The number of benzene rings is 1. The zero-order chi connectivity index (χ0) is 14.9. The summed E-state index contributed by atoms with van der Waals surface area (Å²) >= 11 is 6.17. The highest BCUT2D eigenvalue weighted by atomic mass is 35.5. The number of nitrogens with zero attached hydrogens (tertiary/aromatic N) is 2. The van der Waals surface area contributed by atoms with Crippen LogP contribution in [0.4, 0.5) is 10.1 Å². The summed E-state index contributed by atoms with van der Waals surface area (Å²) in [5.41, 5.74) is 6.84. The fraction of sp³-hybridized carbons (Fsp3) is 0.308. The largest absolute Gasteiger partial charge is 0.396 e. The molecule has 0 aliphatic carbocycles. The molecule has 1 heterocycles. The molecular weight excluding hydrogens is 301 g/mol. The van der Waals surface area contributed by atoms with Crippen molar-refractivity contribution in [1.29, 1.82) is 0 Å². The molecule has 20 heavy (non-hydrogen) atoms. The van der Waals surface area contributed by atoms with E-state index in [0.717, 1.165) is 0 Å². The average molecular weight is 316 g/mol. The summed E-state index contributed by atoms with van der Waals surface area (Å²) in [5.74, 6) is -0.376. The number of aryl methyl sites for hydroxylation is 2. The Morgan fingerprint density at radius 2 is 2.20 bits per heavy atom. The van der Waals surface area contributed by atoms with Crippen molar-refractivity contribution in [3.63, 3.8) is 0 Å². The van der Waals surface area contributed by atoms with Crippen LogP contribution in [0.1, 0.15) is 18.3 Å². The maximum absolute atomic E-state index is 13.4. The van der Waals surface area contributed by atoms with Crippen LogP contribution in [0, 0.1) is 12.7 Å². The number of anilines is 1. The molecule has 0 fully saturated rings. The van der Waals surface area contributed by atoms with Crippen LogP contribution in [0.15, 0.2) is 23.1 Å². The molecule has 0 spiro atoms. The Balaban J connectivity index is 2.30. The van der Waals surface area contributed by atoms with Gasteiger partial charge in [-0.05, 0) is 32.0 Å². The molecule has 1 aromatic heterocycles. The highest BCUT2D eigenvalue weighted by Gasteiger charge is 2.16. The second-order valence-corrected chi connectivity index (χ2v) is 6.16. The van der Waals surface area contributed by atoms with Crippen LogP contribution in [0.25, 0.3) is 0 Å². The van der Waals surface area contributed by atoms with Crippen LogP contribution in [-0.4, -0.2) is 14.0 Å². The Hall–Kier alpha value is -1.40. The third-order valence-electron chi connectivity index (χ3n) is 2.96. The molecule has 2 rings (SSSR count). The second-order valence-electron chi connectivity index (χ2n) is 4.34. The molecule has 0 saturated carbocycles.